The third kappa shape index (κ3) is 2.40. The van der Waals surface area contributed by atoms with Gasteiger partial charge in [0.05, 0.1) is 15.9 Å². The number of aromatic nitrogens is 2. The van der Waals surface area contributed by atoms with Crippen LogP contribution in [-0.4, -0.2) is 9.97 Å². The van der Waals surface area contributed by atoms with Crippen LogP contribution in [0.5, 0.6) is 0 Å². The van der Waals surface area contributed by atoms with Gasteiger partial charge in [0, 0.05) is 15.6 Å². The van der Waals surface area contributed by atoms with Crippen LogP contribution in [0.1, 0.15) is 36.5 Å². The molecule has 0 amide bonds. The summed E-state index contributed by atoms with van der Waals surface area (Å²) in [4.78, 5) is 9.23. The molecule has 4 aromatic rings. The Kier molecular flexibility index (Phi) is 3.61. The van der Waals surface area contributed by atoms with Crippen LogP contribution >= 0.6 is 11.3 Å². The highest BCUT2D eigenvalue weighted by molar-refractivity contribution is 7.26. The molecule has 0 radical (unpaired) electrons. The molecule has 2 heterocycles. The minimum atomic E-state index is 0.499. The first kappa shape index (κ1) is 15.3. The lowest BCUT2D eigenvalue weighted by molar-refractivity contribution is 0.878. The summed E-state index contributed by atoms with van der Waals surface area (Å²) < 4.78 is 2.53. The number of hydrogen-bond donors (Lipinski definition) is 0. The molecular formula is C21H20N2S. The van der Waals surface area contributed by atoms with E-state index >= 15 is 0 Å². The van der Waals surface area contributed by atoms with Gasteiger partial charge in [0.1, 0.15) is 6.33 Å². The monoisotopic (exact) mass is 332 g/mol. The van der Waals surface area contributed by atoms with Crippen LogP contribution in [0.2, 0.25) is 0 Å². The van der Waals surface area contributed by atoms with Gasteiger partial charge >= 0.3 is 0 Å². The molecule has 24 heavy (non-hydrogen) atoms. The molecule has 0 saturated heterocycles. The predicted molar refractivity (Wildman–Crippen MR) is 104 cm³/mol. The highest BCUT2D eigenvalue weighted by Gasteiger charge is 2.16. The van der Waals surface area contributed by atoms with Crippen LogP contribution in [-0.2, 0) is 0 Å². The minimum Gasteiger partial charge on any atom is -0.235 e. The Morgan fingerprint density at radius 2 is 1.67 bits per heavy atom. The molecule has 2 aromatic heterocycles. The second-order valence-electron chi connectivity index (χ2n) is 6.76. The van der Waals surface area contributed by atoms with E-state index in [4.69, 9.17) is 0 Å². The van der Waals surface area contributed by atoms with Crippen molar-refractivity contribution in [2.75, 3.05) is 0 Å². The molecule has 2 nitrogen and oxygen atoms in total. The van der Waals surface area contributed by atoms with E-state index in [0.717, 1.165) is 11.2 Å². The molecule has 0 spiro atoms. The number of fused-ring (bicyclic) bond motifs is 3. The number of rotatable bonds is 2. The Morgan fingerprint density at radius 3 is 2.38 bits per heavy atom. The van der Waals surface area contributed by atoms with Crippen molar-refractivity contribution in [1.29, 1.82) is 0 Å². The van der Waals surface area contributed by atoms with E-state index in [1.54, 1.807) is 6.33 Å². The van der Waals surface area contributed by atoms with Crippen LogP contribution in [0.25, 0.3) is 31.6 Å². The standard InChI is InChI=1S/C21H20N2S/c1-12(2)16-6-5-7-17-19-21(24-20(16)17)18(22-11-23-19)15-9-13(3)8-14(4)10-15/h5-12H,1-4H3. The normalized spacial score (nSPS) is 11.7. The van der Waals surface area contributed by atoms with Gasteiger partial charge in [-0.05, 0) is 37.5 Å². The van der Waals surface area contributed by atoms with Crippen molar-refractivity contribution in [3.05, 3.63) is 59.4 Å². The van der Waals surface area contributed by atoms with Gasteiger partial charge in [-0.3, -0.25) is 0 Å². The molecule has 2 aromatic carbocycles. The number of benzene rings is 2. The summed E-state index contributed by atoms with van der Waals surface area (Å²) in [7, 11) is 0. The molecule has 0 bridgehead atoms. The third-order valence-electron chi connectivity index (χ3n) is 4.43. The molecular weight excluding hydrogens is 312 g/mol. The predicted octanol–water partition coefficient (Wildman–Crippen LogP) is 6.25. The summed E-state index contributed by atoms with van der Waals surface area (Å²) in [6.45, 7) is 8.76. The molecule has 0 aliphatic heterocycles. The van der Waals surface area contributed by atoms with Crippen LogP contribution < -0.4 is 0 Å². The SMILES string of the molecule is Cc1cc(C)cc(-c2ncnc3c2sc2c(C(C)C)cccc23)c1. The maximum absolute atomic E-state index is 4.63. The lowest BCUT2D eigenvalue weighted by atomic mass is 10.0. The molecule has 0 fully saturated rings. The maximum Gasteiger partial charge on any atom is 0.116 e. The third-order valence-corrected chi connectivity index (χ3v) is 5.68. The molecule has 4 rings (SSSR count). The van der Waals surface area contributed by atoms with Gasteiger partial charge in [-0.15, -0.1) is 11.3 Å². The van der Waals surface area contributed by atoms with Crippen molar-refractivity contribution in [1.82, 2.24) is 9.97 Å². The summed E-state index contributed by atoms with van der Waals surface area (Å²) in [5.74, 6) is 0.499. The summed E-state index contributed by atoms with van der Waals surface area (Å²) in [6.07, 6.45) is 1.70. The van der Waals surface area contributed by atoms with E-state index in [9.17, 15) is 0 Å². The molecule has 0 aliphatic rings. The van der Waals surface area contributed by atoms with E-state index in [0.29, 0.717) is 5.92 Å². The largest absolute Gasteiger partial charge is 0.235 e. The lowest BCUT2D eigenvalue weighted by Crippen LogP contribution is -1.88. The van der Waals surface area contributed by atoms with Gasteiger partial charge in [0.25, 0.3) is 0 Å². The number of thiophene rings is 1. The molecule has 0 atom stereocenters. The van der Waals surface area contributed by atoms with Gasteiger partial charge in [0.15, 0.2) is 0 Å². The Morgan fingerprint density at radius 1 is 0.917 bits per heavy atom. The zero-order valence-corrected chi connectivity index (χ0v) is 15.2. The average molecular weight is 332 g/mol. The van der Waals surface area contributed by atoms with Gasteiger partial charge in [-0.1, -0.05) is 49.2 Å². The Bertz CT molecular complexity index is 1040. The van der Waals surface area contributed by atoms with E-state index in [-0.39, 0.29) is 0 Å². The maximum atomic E-state index is 4.63. The van der Waals surface area contributed by atoms with Crippen molar-refractivity contribution in [3.8, 4) is 11.3 Å². The first-order valence-corrected chi connectivity index (χ1v) is 9.11. The second kappa shape index (κ2) is 5.67. The van der Waals surface area contributed by atoms with E-state index in [1.165, 1.54) is 37.0 Å². The minimum absolute atomic E-state index is 0.499. The molecule has 120 valence electrons. The van der Waals surface area contributed by atoms with Crippen molar-refractivity contribution in [2.24, 2.45) is 0 Å². The Balaban J connectivity index is 2.08. The van der Waals surface area contributed by atoms with Crippen LogP contribution in [0.15, 0.2) is 42.7 Å². The van der Waals surface area contributed by atoms with Crippen molar-refractivity contribution < 1.29 is 0 Å². The van der Waals surface area contributed by atoms with Gasteiger partial charge in [-0.2, -0.15) is 0 Å². The first-order valence-electron chi connectivity index (χ1n) is 8.29. The summed E-state index contributed by atoms with van der Waals surface area (Å²) in [5.41, 5.74) is 7.21. The number of nitrogens with zero attached hydrogens (tertiary/aromatic N) is 2. The zero-order valence-electron chi connectivity index (χ0n) is 14.4. The number of aryl methyl sites for hydroxylation is 2. The van der Waals surface area contributed by atoms with Crippen molar-refractivity contribution in [3.63, 3.8) is 0 Å². The van der Waals surface area contributed by atoms with E-state index < -0.39 is 0 Å². The Hall–Kier alpha value is -2.26. The van der Waals surface area contributed by atoms with Crippen molar-refractivity contribution >= 4 is 31.6 Å². The van der Waals surface area contributed by atoms with Crippen molar-refractivity contribution in [2.45, 2.75) is 33.6 Å². The first-order chi connectivity index (χ1) is 11.5. The fourth-order valence-electron chi connectivity index (χ4n) is 3.39. The van der Waals surface area contributed by atoms with Gasteiger partial charge < -0.3 is 0 Å². The summed E-state index contributed by atoms with van der Waals surface area (Å²) >= 11 is 1.82. The second-order valence-corrected chi connectivity index (χ2v) is 7.78. The average Bonchev–Trinajstić information content (AvgIpc) is 2.92. The molecule has 0 aliphatic carbocycles. The smallest absolute Gasteiger partial charge is 0.116 e. The van der Waals surface area contributed by atoms with E-state index in [1.807, 2.05) is 11.3 Å². The quantitative estimate of drug-likeness (QED) is 0.433. The fourth-order valence-corrected chi connectivity index (χ4v) is 4.82. The highest BCUT2D eigenvalue weighted by atomic mass is 32.1. The molecule has 0 unspecified atom stereocenters. The highest BCUT2D eigenvalue weighted by Crippen LogP contribution is 2.40. The van der Waals surface area contributed by atoms with Crippen LogP contribution in [0.4, 0.5) is 0 Å². The Labute approximate surface area is 146 Å². The fraction of sp³-hybridized carbons (Fsp3) is 0.238. The van der Waals surface area contributed by atoms with E-state index in [2.05, 4.69) is 74.1 Å². The van der Waals surface area contributed by atoms with Gasteiger partial charge in [0.2, 0.25) is 0 Å². The zero-order chi connectivity index (χ0) is 16.8. The number of hydrogen-bond acceptors (Lipinski definition) is 3. The van der Waals surface area contributed by atoms with Crippen LogP contribution in [0, 0.1) is 13.8 Å². The molecule has 0 N–H and O–H groups in total. The molecule has 0 saturated carbocycles. The summed E-state index contributed by atoms with van der Waals surface area (Å²) in [5, 5.41) is 1.24. The topological polar surface area (TPSA) is 25.8 Å². The van der Waals surface area contributed by atoms with Gasteiger partial charge in [-0.25, -0.2) is 9.97 Å². The molecule has 3 heteroatoms. The summed E-state index contributed by atoms with van der Waals surface area (Å²) in [6, 6.07) is 13.2. The van der Waals surface area contributed by atoms with Crippen LogP contribution in [0.3, 0.4) is 0 Å². The lowest BCUT2D eigenvalue weighted by Gasteiger charge is -2.05.